The van der Waals surface area contributed by atoms with Gasteiger partial charge >= 0.3 is 12.1 Å². The fourth-order valence-corrected chi connectivity index (χ4v) is 7.56. The zero-order chi connectivity index (χ0) is 37.5. The number of aryl methyl sites for hydroxylation is 1. The van der Waals surface area contributed by atoms with Gasteiger partial charge < -0.3 is 29.0 Å². The molecule has 0 aliphatic carbocycles. The van der Waals surface area contributed by atoms with Crippen molar-refractivity contribution < 1.29 is 38.4 Å². The number of carbonyl (C=O) groups excluding carboxylic acids is 1. The molecule has 0 radical (unpaired) electrons. The fraction of sp³-hybridized carbons (Fsp3) is 0.526. The number of hydrogen-bond acceptors (Lipinski definition) is 8. The summed E-state index contributed by atoms with van der Waals surface area (Å²) in [6.07, 6.45) is 2.20. The lowest BCUT2D eigenvalue weighted by molar-refractivity contribution is -0.143. The third kappa shape index (κ3) is 7.88. The Bertz CT molecular complexity index is 1970. The van der Waals surface area contributed by atoms with Crippen LogP contribution in [-0.2, 0) is 45.1 Å². The molecule has 0 spiro atoms. The molecule has 4 heterocycles. The van der Waals surface area contributed by atoms with Gasteiger partial charge in [0.25, 0.3) is 0 Å². The first-order valence-corrected chi connectivity index (χ1v) is 21.8. The molecule has 1 saturated heterocycles. The summed E-state index contributed by atoms with van der Waals surface area (Å²) in [6, 6.07) is 8.43. The first-order chi connectivity index (χ1) is 24.5. The van der Waals surface area contributed by atoms with E-state index in [1.54, 1.807) is 20.8 Å². The molecule has 0 saturated carbocycles. The number of imidazole rings is 1. The van der Waals surface area contributed by atoms with Crippen LogP contribution in [0.1, 0.15) is 70.1 Å². The van der Waals surface area contributed by atoms with Crippen molar-refractivity contribution in [2.45, 2.75) is 117 Å². The maximum Gasteiger partial charge on any atom is 0.411 e. The number of phenolic OH excluding ortho intramolecular Hbond substituents is 1. The topological polar surface area (TPSA) is 141 Å². The summed E-state index contributed by atoms with van der Waals surface area (Å²) in [7, 11) is -1.41. The second-order valence-electron chi connectivity index (χ2n) is 15.9. The number of ether oxygens (including phenoxy) is 3. The maximum atomic E-state index is 14.7. The van der Waals surface area contributed by atoms with Crippen molar-refractivity contribution >= 4 is 31.0 Å². The number of hydrogen-bond donors (Lipinski definition) is 2. The molecule has 1 amide bonds. The molecule has 2 atom stereocenters. The molecule has 14 heteroatoms. The van der Waals surface area contributed by atoms with Gasteiger partial charge in [-0.1, -0.05) is 32.6 Å². The number of nitrogens with zero attached hydrogens (tertiary/aromatic N) is 5. The Morgan fingerprint density at radius 3 is 2.56 bits per heavy atom. The van der Waals surface area contributed by atoms with Gasteiger partial charge in [0.15, 0.2) is 23.6 Å². The van der Waals surface area contributed by atoms with E-state index in [0.717, 1.165) is 47.3 Å². The molecule has 280 valence electrons. The zero-order valence-electron chi connectivity index (χ0n) is 31.2. The SMILES string of the molecule is CCc1cc(O)c(F)cc1-c1ccc2c(-c3nc4c(n3COCC[Si](C)(C)C)CN(C(=O)OC(C)(C)C)C(C(=O)O)C4)nn(C3CCCCO3)c2c1. The van der Waals surface area contributed by atoms with Crippen LogP contribution in [-0.4, -0.2) is 79.4 Å². The van der Waals surface area contributed by atoms with Gasteiger partial charge in [0.05, 0.1) is 23.4 Å². The molecule has 12 nitrogen and oxygen atoms in total. The van der Waals surface area contributed by atoms with E-state index in [0.29, 0.717) is 48.1 Å². The van der Waals surface area contributed by atoms with E-state index < -0.39 is 37.6 Å². The standard InChI is InChI=1S/C38H50FN5O7Si/c1-8-23-18-32(45)27(39)19-26(23)24-12-13-25-29(17-24)44(33-11-9-10-14-50-33)41-34(25)35-40-28-20-30(36(46)47)42(37(48)51-38(2,3)4)21-31(28)43(35)22-49-15-16-52(5,6)7/h12-13,17-19,30,33,45H,8-11,14-16,20-22H2,1-7H3,(H,46,47). The second-order valence-corrected chi connectivity index (χ2v) is 21.6. The Morgan fingerprint density at radius 2 is 1.90 bits per heavy atom. The highest BCUT2D eigenvalue weighted by atomic mass is 28.3. The normalized spacial score (nSPS) is 18.1. The Kier molecular flexibility index (Phi) is 10.5. The molecule has 2 unspecified atom stereocenters. The number of aromatic nitrogens is 4. The summed E-state index contributed by atoms with van der Waals surface area (Å²) >= 11 is 0. The summed E-state index contributed by atoms with van der Waals surface area (Å²) in [5.41, 5.74) is 3.96. The third-order valence-electron chi connectivity index (χ3n) is 9.58. The van der Waals surface area contributed by atoms with Crippen LogP contribution in [0.15, 0.2) is 30.3 Å². The van der Waals surface area contributed by atoms with Gasteiger partial charge in [0.2, 0.25) is 0 Å². The lowest BCUT2D eigenvalue weighted by Crippen LogP contribution is -2.50. The second kappa shape index (κ2) is 14.6. The molecule has 52 heavy (non-hydrogen) atoms. The quantitative estimate of drug-likeness (QED) is 0.124. The number of aliphatic carboxylic acids is 1. The van der Waals surface area contributed by atoms with Crippen LogP contribution in [0, 0.1) is 5.82 Å². The van der Waals surface area contributed by atoms with Gasteiger partial charge in [0, 0.05) is 33.1 Å². The number of carbonyl (C=O) groups is 2. The molecule has 4 aromatic rings. The van der Waals surface area contributed by atoms with Crippen LogP contribution in [0.2, 0.25) is 25.7 Å². The zero-order valence-corrected chi connectivity index (χ0v) is 32.2. The van der Waals surface area contributed by atoms with Crippen molar-refractivity contribution in [3.05, 3.63) is 53.1 Å². The van der Waals surface area contributed by atoms with Crippen molar-refractivity contribution in [1.82, 2.24) is 24.2 Å². The Balaban J connectivity index is 1.51. The van der Waals surface area contributed by atoms with Crippen LogP contribution in [0.25, 0.3) is 33.5 Å². The highest BCUT2D eigenvalue weighted by Gasteiger charge is 2.40. The largest absolute Gasteiger partial charge is 0.505 e. The molecule has 2 N–H and O–H groups in total. The van der Waals surface area contributed by atoms with Crippen LogP contribution in [0.5, 0.6) is 5.75 Å². The molecule has 2 aliphatic rings. The molecule has 0 bridgehead atoms. The Hall–Kier alpha value is -4.27. The number of aromatic hydroxyl groups is 1. The molecule has 1 fully saturated rings. The summed E-state index contributed by atoms with van der Waals surface area (Å²) in [6.45, 7) is 15.2. The van der Waals surface area contributed by atoms with E-state index in [1.807, 2.05) is 34.4 Å². The number of fused-ring (bicyclic) bond motifs is 2. The number of benzene rings is 2. The summed E-state index contributed by atoms with van der Waals surface area (Å²) in [4.78, 5) is 32.2. The lowest BCUT2D eigenvalue weighted by Gasteiger charge is -2.34. The monoisotopic (exact) mass is 735 g/mol. The van der Waals surface area contributed by atoms with Crippen molar-refractivity contribution in [3.8, 4) is 28.4 Å². The minimum Gasteiger partial charge on any atom is -0.505 e. The van der Waals surface area contributed by atoms with Crippen LogP contribution >= 0.6 is 0 Å². The van der Waals surface area contributed by atoms with E-state index in [4.69, 9.17) is 24.3 Å². The third-order valence-corrected chi connectivity index (χ3v) is 11.3. The van der Waals surface area contributed by atoms with Gasteiger partial charge in [-0.25, -0.2) is 23.6 Å². The van der Waals surface area contributed by atoms with E-state index >= 15 is 0 Å². The molecule has 6 rings (SSSR count). The summed E-state index contributed by atoms with van der Waals surface area (Å²) in [5, 5.41) is 26.2. The molecule has 2 aromatic carbocycles. The van der Waals surface area contributed by atoms with Gasteiger partial charge in [-0.2, -0.15) is 5.10 Å². The predicted molar refractivity (Wildman–Crippen MR) is 197 cm³/mol. The van der Waals surface area contributed by atoms with Crippen molar-refractivity contribution in [2.24, 2.45) is 0 Å². The van der Waals surface area contributed by atoms with Crippen LogP contribution < -0.4 is 0 Å². The van der Waals surface area contributed by atoms with E-state index in [-0.39, 0.29) is 31.7 Å². The van der Waals surface area contributed by atoms with E-state index in [9.17, 15) is 24.2 Å². The first kappa shape index (κ1) is 37.5. The van der Waals surface area contributed by atoms with Crippen molar-refractivity contribution in [2.75, 3.05) is 13.2 Å². The van der Waals surface area contributed by atoms with Gasteiger partial charge in [-0.05, 0) is 93.5 Å². The summed E-state index contributed by atoms with van der Waals surface area (Å²) in [5.74, 6) is -1.74. The Labute approximate surface area is 304 Å². The van der Waals surface area contributed by atoms with Gasteiger partial charge in [-0.15, -0.1) is 0 Å². The number of carboxylic acids is 1. The molecule has 2 aromatic heterocycles. The van der Waals surface area contributed by atoms with Crippen LogP contribution in [0.4, 0.5) is 9.18 Å². The smallest absolute Gasteiger partial charge is 0.411 e. The van der Waals surface area contributed by atoms with E-state index in [1.165, 1.54) is 17.0 Å². The van der Waals surface area contributed by atoms with Crippen LogP contribution in [0.3, 0.4) is 0 Å². The highest BCUT2D eigenvalue weighted by Crippen LogP contribution is 2.39. The fourth-order valence-electron chi connectivity index (χ4n) is 6.80. The highest BCUT2D eigenvalue weighted by molar-refractivity contribution is 6.76. The Morgan fingerprint density at radius 1 is 1.13 bits per heavy atom. The lowest BCUT2D eigenvalue weighted by atomic mass is 9.96. The summed E-state index contributed by atoms with van der Waals surface area (Å²) < 4.78 is 36.6. The maximum absolute atomic E-state index is 14.7. The molecule has 2 aliphatic heterocycles. The van der Waals surface area contributed by atoms with Gasteiger partial charge in [-0.3, -0.25) is 4.90 Å². The van der Waals surface area contributed by atoms with Gasteiger partial charge in [0.1, 0.15) is 24.1 Å². The first-order valence-electron chi connectivity index (χ1n) is 18.1. The van der Waals surface area contributed by atoms with Crippen molar-refractivity contribution in [1.29, 1.82) is 0 Å². The number of rotatable bonds is 10. The average Bonchev–Trinajstić information content (AvgIpc) is 3.63. The minimum atomic E-state index is -1.41. The predicted octanol–water partition coefficient (Wildman–Crippen LogP) is 7.73. The number of carboxylic acid groups (broad SMARTS) is 1. The van der Waals surface area contributed by atoms with Crippen molar-refractivity contribution in [3.63, 3.8) is 0 Å². The number of amides is 1. The molecular formula is C38H50FN5O7Si. The van der Waals surface area contributed by atoms with E-state index in [2.05, 4.69) is 19.6 Å². The minimum absolute atomic E-state index is 0.0143. The molecular weight excluding hydrogens is 686 g/mol. The average molecular weight is 736 g/mol. The number of phenols is 1. The number of halogens is 1.